The summed E-state index contributed by atoms with van der Waals surface area (Å²) in [4.78, 5) is 33.4. The third-order valence-electron chi connectivity index (χ3n) is 4.17. The first-order chi connectivity index (χ1) is 10.4. The Kier molecular flexibility index (Phi) is 3.78. The van der Waals surface area contributed by atoms with Crippen LogP contribution in [0, 0.1) is 6.92 Å². The lowest BCUT2D eigenvalue weighted by Gasteiger charge is -2.34. The van der Waals surface area contributed by atoms with Crippen LogP contribution in [0.25, 0.3) is 11.0 Å². The summed E-state index contributed by atoms with van der Waals surface area (Å²) >= 11 is 1.40. The second-order valence-electron chi connectivity index (χ2n) is 5.60. The highest BCUT2D eigenvalue weighted by molar-refractivity contribution is 7.98. The third kappa shape index (κ3) is 2.24. The molecule has 2 heterocycles. The number of aliphatic hydroxyl groups is 1. The molecule has 0 saturated heterocycles. The predicted molar refractivity (Wildman–Crippen MR) is 84.6 cm³/mol. The van der Waals surface area contributed by atoms with Crippen LogP contribution in [0.15, 0.2) is 16.1 Å². The summed E-state index contributed by atoms with van der Waals surface area (Å²) in [5.74, 6) is -0.257. The van der Waals surface area contributed by atoms with Gasteiger partial charge in [0.05, 0.1) is 11.7 Å². The molecule has 0 amide bonds. The average molecular weight is 319 g/mol. The molecule has 3 rings (SSSR count). The van der Waals surface area contributed by atoms with Gasteiger partial charge in [-0.2, -0.15) is 0 Å². The van der Waals surface area contributed by atoms with Gasteiger partial charge in [-0.25, -0.2) is 9.97 Å². The average Bonchev–Trinajstić information content (AvgIpc) is 2.44. The Morgan fingerprint density at radius 1 is 1.45 bits per heavy atom. The minimum atomic E-state index is -0.393. The molecule has 1 aliphatic carbocycles. The Balaban J connectivity index is 2.37. The fraction of sp³-hybridized carbons (Fsp3) is 0.467. The quantitative estimate of drug-likeness (QED) is 0.527. The van der Waals surface area contributed by atoms with Crippen molar-refractivity contribution in [1.29, 1.82) is 0 Å². The summed E-state index contributed by atoms with van der Waals surface area (Å²) in [6.45, 7) is 3.15. The molecule has 0 atom stereocenters. The highest BCUT2D eigenvalue weighted by atomic mass is 32.2. The lowest BCUT2D eigenvalue weighted by Crippen LogP contribution is -2.39. The van der Waals surface area contributed by atoms with Crippen LogP contribution >= 0.6 is 11.8 Å². The van der Waals surface area contributed by atoms with Crippen molar-refractivity contribution >= 4 is 28.6 Å². The Morgan fingerprint density at radius 2 is 2.14 bits per heavy atom. The molecule has 0 aliphatic heterocycles. The molecule has 2 aromatic heterocycles. The minimum absolute atomic E-state index is 0.117. The van der Waals surface area contributed by atoms with Crippen molar-refractivity contribution in [1.82, 2.24) is 14.5 Å². The smallest absolute Gasteiger partial charge is 0.263 e. The fourth-order valence-corrected chi connectivity index (χ4v) is 3.27. The van der Waals surface area contributed by atoms with Crippen LogP contribution in [0.2, 0.25) is 0 Å². The molecule has 2 aromatic rings. The van der Waals surface area contributed by atoms with Crippen molar-refractivity contribution in [3.05, 3.63) is 27.7 Å². The normalized spacial score (nSPS) is 20.9. The van der Waals surface area contributed by atoms with Crippen LogP contribution < -0.4 is 5.56 Å². The molecular formula is C15H17N3O3S. The van der Waals surface area contributed by atoms with Gasteiger partial charge in [-0.15, -0.1) is 0 Å². The van der Waals surface area contributed by atoms with Crippen molar-refractivity contribution in [3.63, 3.8) is 0 Å². The molecular weight excluding hydrogens is 302 g/mol. The standard InChI is InChI=1S/C15H17N3O3S/c1-7-11-6-16-15(22-3)17-13(11)18(9-4-10(20)5-9)14(21)12(7)8(2)19/h6,9-10,20H,4-5H2,1-3H3. The fourth-order valence-electron chi connectivity index (χ4n) is 2.94. The molecule has 0 aromatic carbocycles. The number of aromatic nitrogens is 3. The zero-order chi connectivity index (χ0) is 16.0. The van der Waals surface area contributed by atoms with Gasteiger partial charge in [-0.05, 0) is 38.5 Å². The number of carbonyl (C=O) groups excluding carboxylic acids is 1. The lowest BCUT2D eigenvalue weighted by molar-refractivity contribution is 0.0486. The lowest BCUT2D eigenvalue weighted by atomic mass is 9.88. The Morgan fingerprint density at radius 3 is 2.68 bits per heavy atom. The number of thioether (sulfide) groups is 1. The first-order valence-corrected chi connectivity index (χ1v) is 8.31. The number of Topliss-reactive ketones (excluding diaryl/α,β-unsaturated/α-hetero) is 1. The van der Waals surface area contributed by atoms with Gasteiger partial charge in [0.2, 0.25) is 0 Å². The minimum Gasteiger partial charge on any atom is -0.393 e. The van der Waals surface area contributed by atoms with Crippen LogP contribution in [0.4, 0.5) is 0 Å². The van der Waals surface area contributed by atoms with Crippen LogP contribution in [-0.2, 0) is 0 Å². The van der Waals surface area contributed by atoms with E-state index in [0.717, 1.165) is 0 Å². The molecule has 1 fully saturated rings. The number of hydrogen-bond donors (Lipinski definition) is 1. The highest BCUT2D eigenvalue weighted by Crippen LogP contribution is 2.34. The van der Waals surface area contributed by atoms with Gasteiger partial charge in [0, 0.05) is 17.6 Å². The van der Waals surface area contributed by atoms with Crippen molar-refractivity contribution in [2.45, 2.75) is 44.0 Å². The predicted octanol–water partition coefficient (Wildman–Crippen LogP) is 1.72. The van der Waals surface area contributed by atoms with E-state index in [-0.39, 0.29) is 22.9 Å². The summed E-state index contributed by atoms with van der Waals surface area (Å²) in [5, 5.41) is 10.8. The van der Waals surface area contributed by atoms with E-state index in [9.17, 15) is 14.7 Å². The van der Waals surface area contributed by atoms with E-state index < -0.39 is 6.10 Å². The number of rotatable bonds is 3. The first kappa shape index (κ1) is 15.2. The van der Waals surface area contributed by atoms with Crippen molar-refractivity contribution < 1.29 is 9.90 Å². The summed E-state index contributed by atoms with van der Waals surface area (Å²) in [6.07, 6.45) is 4.16. The second-order valence-corrected chi connectivity index (χ2v) is 6.38. The zero-order valence-corrected chi connectivity index (χ0v) is 13.5. The van der Waals surface area contributed by atoms with E-state index in [2.05, 4.69) is 9.97 Å². The SMILES string of the molecule is CSc1ncc2c(C)c(C(C)=O)c(=O)n(C3CC(O)C3)c2n1. The van der Waals surface area contributed by atoms with Gasteiger partial charge >= 0.3 is 0 Å². The topological polar surface area (TPSA) is 85.1 Å². The van der Waals surface area contributed by atoms with Crippen molar-refractivity contribution in [3.8, 4) is 0 Å². The maximum absolute atomic E-state index is 12.8. The molecule has 1 saturated carbocycles. The van der Waals surface area contributed by atoms with E-state index in [4.69, 9.17) is 0 Å². The molecule has 0 radical (unpaired) electrons. The number of aryl methyl sites for hydroxylation is 1. The van der Waals surface area contributed by atoms with Crippen LogP contribution in [0.5, 0.6) is 0 Å². The van der Waals surface area contributed by atoms with Crippen molar-refractivity contribution in [2.75, 3.05) is 6.26 Å². The molecule has 0 unspecified atom stereocenters. The van der Waals surface area contributed by atoms with Crippen LogP contribution in [-0.4, -0.2) is 37.8 Å². The number of pyridine rings is 1. The second kappa shape index (κ2) is 5.48. The third-order valence-corrected chi connectivity index (χ3v) is 4.74. The highest BCUT2D eigenvalue weighted by Gasteiger charge is 2.32. The monoisotopic (exact) mass is 319 g/mol. The number of hydrogen-bond acceptors (Lipinski definition) is 6. The molecule has 0 spiro atoms. The van der Waals surface area contributed by atoms with Crippen molar-refractivity contribution in [2.24, 2.45) is 0 Å². The van der Waals surface area contributed by atoms with E-state index in [1.807, 2.05) is 6.26 Å². The van der Waals surface area contributed by atoms with E-state index >= 15 is 0 Å². The Labute approximate surface area is 131 Å². The molecule has 116 valence electrons. The summed E-state index contributed by atoms with van der Waals surface area (Å²) in [5.41, 5.74) is 1.04. The Hall–Kier alpha value is -1.73. The molecule has 1 N–H and O–H groups in total. The number of nitrogens with zero attached hydrogens (tertiary/aromatic N) is 3. The van der Waals surface area contributed by atoms with E-state index in [0.29, 0.717) is 34.6 Å². The van der Waals surface area contributed by atoms with Gasteiger partial charge in [0.25, 0.3) is 5.56 Å². The zero-order valence-electron chi connectivity index (χ0n) is 12.7. The van der Waals surface area contributed by atoms with E-state index in [1.54, 1.807) is 17.7 Å². The summed E-state index contributed by atoms with van der Waals surface area (Å²) in [7, 11) is 0. The summed E-state index contributed by atoms with van der Waals surface area (Å²) < 4.78 is 1.56. The maximum atomic E-state index is 12.8. The summed E-state index contributed by atoms with van der Waals surface area (Å²) in [6, 6.07) is -0.117. The van der Waals surface area contributed by atoms with Crippen LogP contribution in [0.3, 0.4) is 0 Å². The van der Waals surface area contributed by atoms with Gasteiger partial charge < -0.3 is 5.11 Å². The van der Waals surface area contributed by atoms with Gasteiger partial charge in [0.1, 0.15) is 5.65 Å². The number of carbonyl (C=O) groups is 1. The maximum Gasteiger partial charge on any atom is 0.263 e. The molecule has 6 nitrogen and oxygen atoms in total. The van der Waals surface area contributed by atoms with Gasteiger partial charge in [0.15, 0.2) is 10.9 Å². The number of ketones is 1. The Bertz CT molecular complexity index is 825. The molecule has 22 heavy (non-hydrogen) atoms. The number of fused-ring (bicyclic) bond motifs is 1. The van der Waals surface area contributed by atoms with Gasteiger partial charge in [-0.1, -0.05) is 11.8 Å². The van der Waals surface area contributed by atoms with E-state index in [1.165, 1.54) is 18.7 Å². The first-order valence-electron chi connectivity index (χ1n) is 7.08. The van der Waals surface area contributed by atoms with Gasteiger partial charge in [-0.3, -0.25) is 14.2 Å². The van der Waals surface area contributed by atoms with Crippen LogP contribution in [0.1, 0.15) is 41.7 Å². The number of aliphatic hydroxyl groups excluding tert-OH is 1. The molecule has 1 aliphatic rings. The largest absolute Gasteiger partial charge is 0.393 e. The molecule has 0 bridgehead atoms. The molecule has 7 heteroatoms.